The highest BCUT2D eigenvalue weighted by Crippen LogP contribution is 2.33. The Bertz CT molecular complexity index is 1230. The molecule has 2 heterocycles. The minimum atomic E-state index is -0.808. The smallest absolute Gasteiger partial charge is 0.256 e. The first-order valence-corrected chi connectivity index (χ1v) is 10.2. The van der Waals surface area contributed by atoms with Crippen molar-refractivity contribution < 1.29 is 13.9 Å². The predicted octanol–water partition coefficient (Wildman–Crippen LogP) is 3.73. The van der Waals surface area contributed by atoms with E-state index in [4.69, 9.17) is 10.5 Å². The van der Waals surface area contributed by atoms with Crippen molar-refractivity contribution in [1.29, 1.82) is 0 Å². The fourth-order valence-corrected chi connectivity index (χ4v) is 3.78. The Morgan fingerprint density at radius 3 is 2.80 bits per heavy atom. The number of hydrogen-bond acceptors (Lipinski definition) is 5. The number of primary amides is 1. The number of hydrogen-bond donors (Lipinski definition) is 3. The van der Waals surface area contributed by atoms with Gasteiger partial charge in [0.2, 0.25) is 0 Å². The third-order valence-corrected chi connectivity index (χ3v) is 5.52. The Balaban J connectivity index is 1.79. The van der Waals surface area contributed by atoms with E-state index in [1.807, 2.05) is 34.7 Å². The number of nitrogens with two attached hydrogens (primary N) is 1. The number of rotatable bonds is 5. The average molecular weight is 520 g/mol. The van der Waals surface area contributed by atoms with Crippen LogP contribution >= 0.6 is 22.6 Å². The second-order valence-corrected chi connectivity index (χ2v) is 8.09. The predicted molar refractivity (Wildman–Crippen MR) is 121 cm³/mol. The van der Waals surface area contributed by atoms with Crippen molar-refractivity contribution >= 4 is 45.7 Å². The Morgan fingerprint density at radius 1 is 1.27 bits per heavy atom. The second kappa shape index (κ2) is 7.98. The van der Waals surface area contributed by atoms with Gasteiger partial charge in [-0.15, -0.1) is 0 Å². The standard InChI is InChI=1S/C21H18FIN4O3/c1-27-18(28)10-17(30-13-3-5-15-11(8-13)6-7-25-15)19(20(24)29)21(27)26-16-4-2-12(23)9-14(16)22/h2-5,8-10,25-26H,6-7H2,1H3,(H2,24,29). The van der Waals surface area contributed by atoms with Crippen LogP contribution in [0, 0.1) is 9.39 Å². The molecule has 1 aliphatic heterocycles. The van der Waals surface area contributed by atoms with Gasteiger partial charge in [-0.05, 0) is 71.0 Å². The molecular weight excluding hydrogens is 502 g/mol. The van der Waals surface area contributed by atoms with Gasteiger partial charge in [-0.25, -0.2) is 4.39 Å². The van der Waals surface area contributed by atoms with Gasteiger partial charge in [-0.1, -0.05) is 0 Å². The number of nitrogens with one attached hydrogen (secondary N) is 2. The number of pyridine rings is 1. The van der Waals surface area contributed by atoms with Crippen molar-refractivity contribution in [3.63, 3.8) is 0 Å². The maximum atomic E-state index is 14.4. The molecule has 0 fully saturated rings. The fourth-order valence-electron chi connectivity index (χ4n) is 3.33. The molecule has 4 N–H and O–H groups in total. The van der Waals surface area contributed by atoms with Crippen LogP contribution in [0.25, 0.3) is 0 Å². The monoisotopic (exact) mass is 520 g/mol. The number of ether oxygens (including phenoxy) is 1. The van der Waals surface area contributed by atoms with E-state index in [1.165, 1.54) is 29.8 Å². The summed E-state index contributed by atoms with van der Waals surface area (Å²) in [7, 11) is 1.46. The molecule has 0 unspecified atom stereocenters. The summed E-state index contributed by atoms with van der Waals surface area (Å²) < 4.78 is 22.2. The first kappa shape index (κ1) is 20.2. The summed E-state index contributed by atoms with van der Waals surface area (Å²) in [5.41, 5.74) is 7.34. The number of carbonyl (C=O) groups excluding carboxylic acids is 1. The van der Waals surface area contributed by atoms with Crippen molar-refractivity contribution in [2.24, 2.45) is 12.8 Å². The highest BCUT2D eigenvalue weighted by molar-refractivity contribution is 14.1. The lowest BCUT2D eigenvalue weighted by atomic mass is 10.1. The molecule has 1 amide bonds. The minimum absolute atomic E-state index is 0.00456. The SMILES string of the molecule is Cn1c(Nc2ccc(I)cc2F)c(C(N)=O)c(Oc2ccc3c(c2)CCN3)cc1=O. The summed E-state index contributed by atoms with van der Waals surface area (Å²) in [5.74, 6) is -0.809. The molecular formula is C21H18FIN4O3. The molecule has 154 valence electrons. The zero-order chi connectivity index (χ0) is 21.4. The van der Waals surface area contributed by atoms with Crippen LogP contribution in [-0.4, -0.2) is 17.0 Å². The number of carbonyl (C=O) groups is 1. The summed E-state index contributed by atoms with van der Waals surface area (Å²) in [5, 5.41) is 6.07. The molecule has 9 heteroatoms. The maximum Gasteiger partial charge on any atom is 0.256 e. The van der Waals surface area contributed by atoms with Gasteiger partial charge in [0, 0.05) is 28.9 Å². The van der Waals surface area contributed by atoms with Gasteiger partial charge < -0.3 is 21.1 Å². The highest BCUT2D eigenvalue weighted by atomic mass is 127. The molecule has 0 radical (unpaired) electrons. The van der Waals surface area contributed by atoms with E-state index in [0.717, 1.165) is 24.2 Å². The summed E-state index contributed by atoms with van der Waals surface area (Å²) >= 11 is 1.99. The first-order valence-electron chi connectivity index (χ1n) is 9.14. The molecule has 3 aromatic rings. The quantitative estimate of drug-likeness (QED) is 0.446. The van der Waals surface area contributed by atoms with E-state index in [-0.39, 0.29) is 22.8 Å². The second-order valence-electron chi connectivity index (χ2n) is 6.84. The number of amides is 1. The van der Waals surface area contributed by atoms with E-state index in [0.29, 0.717) is 9.32 Å². The highest BCUT2D eigenvalue weighted by Gasteiger charge is 2.22. The molecule has 0 atom stereocenters. The number of anilines is 3. The molecule has 30 heavy (non-hydrogen) atoms. The van der Waals surface area contributed by atoms with Crippen LogP contribution in [0.5, 0.6) is 11.5 Å². The summed E-state index contributed by atoms with van der Waals surface area (Å²) in [6, 6.07) is 11.2. The average Bonchev–Trinajstić information content (AvgIpc) is 3.15. The molecule has 0 saturated carbocycles. The molecule has 0 bridgehead atoms. The van der Waals surface area contributed by atoms with Crippen LogP contribution in [0.3, 0.4) is 0 Å². The van der Waals surface area contributed by atoms with Crippen molar-refractivity contribution in [1.82, 2.24) is 4.57 Å². The molecule has 1 aromatic heterocycles. The van der Waals surface area contributed by atoms with Gasteiger partial charge in [0.25, 0.3) is 11.5 Å². The first-order chi connectivity index (χ1) is 14.3. The van der Waals surface area contributed by atoms with Crippen LogP contribution in [0.1, 0.15) is 15.9 Å². The van der Waals surface area contributed by atoms with Gasteiger partial charge in [-0.2, -0.15) is 0 Å². The van der Waals surface area contributed by atoms with E-state index in [2.05, 4.69) is 10.6 Å². The third-order valence-electron chi connectivity index (χ3n) is 4.85. The van der Waals surface area contributed by atoms with E-state index in [1.54, 1.807) is 12.1 Å². The largest absolute Gasteiger partial charge is 0.456 e. The van der Waals surface area contributed by atoms with Gasteiger partial charge in [0.05, 0.1) is 5.69 Å². The molecule has 0 spiro atoms. The van der Waals surface area contributed by atoms with E-state index in [9.17, 15) is 14.0 Å². The molecule has 1 aliphatic rings. The van der Waals surface area contributed by atoms with Crippen molar-refractivity contribution in [2.75, 3.05) is 17.2 Å². The van der Waals surface area contributed by atoms with Crippen LogP contribution in [0.15, 0.2) is 47.3 Å². The summed E-state index contributed by atoms with van der Waals surface area (Å²) in [6.45, 7) is 0.840. The number of nitrogens with zero attached hydrogens (tertiary/aromatic N) is 1. The normalized spacial score (nSPS) is 12.2. The lowest BCUT2D eigenvalue weighted by Gasteiger charge is -2.18. The van der Waals surface area contributed by atoms with Crippen LogP contribution in [0.2, 0.25) is 0 Å². The zero-order valence-electron chi connectivity index (χ0n) is 16.0. The van der Waals surface area contributed by atoms with E-state index < -0.39 is 17.3 Å². The van der Waals surface area contributed by atoms with Crippen molar-refractivity contribution in [2.45, 2.75) is 6.42 Å². The minimum Gasteiger partial charge on any atom is -0.456 e. The van der Waals surface area contributed by atoms with Crippen molar-refractivity contribution in [3.05, 3.63) is 73.3 Å². The van der Waals surface area contributed by atoms with Crippen LogP contribution in [-0.2, 0) is 13.5 Å². The fraction of sp³-hybridized carbons (Fsp3) is 0.143. The van der Waals surface area contributed by atoms with Gasteiger partial charge >= 0.3 is 0 Å². The Labute approximate surface area is 185 Å². The van der Waals surface area contributed by atoms with Gasteiger partial charge in [0.1, 0.15) is 28.7 Å². The summed E-state index contributed by atoms with van der Waals surface area (Å²) in [4.78, 5) is 24.8. The molecule has 4 rings (SSSR count). The number of fused-ring (bicyclic) bond motifs is 1. The number of aromatic nitrogens is 1. The van der Waals surface area contributed by atoms with Crippen LogP contribution in [0.4, 0.5) is 21.6 Å². The number of benzene rings is 2. The Morgan fingerprint density at radius 2 is 2.07 bits per heavy atom. The Kier molecular flexibility index (Phi) is 5.37. The molecule has 2 aromatic carbocycles. The maximum absolute atomic E-state index is 14.4. The molecule has 7 nitrogen and oxygen atoms in total. The lowest BCUT2D eigenvalue weighted by molar-refractivity contribution is 0.0998. The zero-order valence-corrected chi connectivity index (χ0v) is 18.1. The molecule has 0 saturated heterocycles. The number of halogens is 2. The molecule has 0 aliphatic carbocycles. The Hall–Kier alpha value is -3.08. The van der Waals surface area contributed by atoms with Gasteiger partial charge in [0.15, 0.2) is 0 Å². The van der Waals surface area contributed by atoms with Crippen molar-refractivity contribution in [3.8, 4) is 11.5 Å². The summed E-state index contributed by atoms with van der Waals surface area (Å²) in [6.07, 6.45) is 0.852. The third kappa shape index (κ3) is 3.84. The lowest BCUT2D eigenvalue weighted by Crippen LogP contribution is -2.25. The topological polar surface area (TPSA) is 98.4 Å². The van der Waals surface area contributed by atoms with E-state index >= 15 is 0 Å². The van der Waals surface area contributed by atoms with Crippen LogP contribution < -0.4 is 26.7 Å². The van der Waals surface area contributed by atoms with Gasteiger partial charge in [-0.3, -0.25) is 14.2 Å².